The number of methoxy groups -OCH3 is 2. The largest absolute Gasteiger partial charge is 0.507 e. The van der Waals surface area contributed by atoms with E-state index in [1.807, 2.05) is 30.3 Å². The smallest absolute Gasteiger partial charge is 0.162 e. The summed E-state index contributed by atoms with van der Waals surface area (Å²) in [5, 5.41) is 16.6. The Balaban J connectivity index is 1.71. The van der Waals surface area contributed by atoms with Crippen molar-refractivity contribution in [2.45, 2.75) is 44.3 Å². The lowest BCUT2D eigenvalue weighted by molar-refractivity contribution is -0.731. The van der Waals surface area contributed by atoms with Crippen molar-refractivity contribution in [2.24, 2.45) is 5.92 Å². The third-order valence-electron chi connectivity index (χ3n) is 6.23. The van der Waals surface area contributed by atoms with Crippen LogP contribution in [0.3, 0.4) is 0 Å². The van der Waals surface area contributed by atoms with Gasteiger partial charge < -0.3 is 25.2 Å². The third-order valence-corrected chi connectivity index (χ3v) is 6.23. The molecule has 1 fully saturated rings. The molecule has 0 aromatic heterocycles. The van der Waals surface area contributed by atoms with Crippen molar-refractivity contribution in [3.63, 3.8) is 0 Å². The summed E-state index contributed by atoms with van der Waals surface area (Å²) in [4.78, 5) is 0. The van der Waals surface area contributed by atoms with Crippen LogP contribution in [0.5, 0.6) is 17.2 Å². The summed E-state index contributed by atoms with van der Waals surface area (Å²) < 4.78 is 10.9. The summed E-state index contributed by atoms with van der Waals surface area (Å²) in [5.41, 5.74) is 3.10. The van der Waals surface area contributed by atoms with E-state index in [1.54, 1.807) is 20.3 Å². The van der Waals surface area contributed by atoms with Crippen molar-refractivity contribution < 1.29 is 19.9 Å². The van der Waals surface area contributed by atoms with Crippen molar-refractivity contribution in [2.75, 3.05) is 14.2 Å². The highest BCUT2D eigenvalue weighted by Crippen LogP contribution is 2.34. The molecule has 154 valence electrons. The second-order valence-electron chi connectivity index (χ2n) is 8.00. The van der Waals surface area contributed by atoms with Crippen LogP contribution in [0.4, 0.5) is 0 Å². The maximum Gasteiger partial charge on any atom is 0.162 e. The lowest BCUT2D eigenvalue weighted by Gasteiger charge is -2.36. The van der Waals surface area contributed by atoms with Gasteiger partial charge in [-0.05, 0) is 43.2 Å². The molecule has 5 heteroatoms. The topological polar surface area (TPSA) is 67.3 Å². The number of para-hydroxylation sites is 1. The van der Waals surface area contributed by atoms with E-state index in [9.17, 15) is 5.11 Å². The van der Waals surface area contributed by atoms with Gasteiger partial charge in [0.05, 0.1) is 19.8 Å². The molecule has 29 heavy (non-hydrogen) atoms. The molecular formula is C24H31N2O3+. The SMILES string of the molecule is COc1ccc(C2=CC(c3ccccc3O)[NH2+]C(C3CCCCC3)N2)cc1OC. The van der Waals surface area contributed by atoms with E-state index in [4.69, 9.17) is 9.47 Å². The molecule has 0 amide bonds. The number of phenolic OH excluding ortho intramolecular Hbond substituents is 1. The van der Waals surface area contributed by atoms with Gasteiger partial charge in [-0.25, -0.2) is 0 Å². The van der Waals surface area contributed by atoms with E-state index < -0.39 is 0 Å². The number of nitrogens with one attached hydrogen (secondary N) is 1. The van der Waals surface area contributed by atoms with Crippen LogP contribution in [0.25, 0.3) is 5.70 Å². The van der Waals surface area contributed by atoms with Crippen LogP contribution in [0.2, 0.25) is 0 Å². The Hall–Kier alpha value is -2.66. The van der Waals surface area contributed by atoms with Crippen LogP contribution in [-0.4, -0.2) is 25.5 Å². The molecule has 2 aliphatic rings. The molecule has 4 rings (SSSR count). The zero-order chi connectivity index (χ0) is 20.2. The van der Waals surface area contributed by atoms with Crippen molar-refractivity contribution >= 4 is 5.70 Å². The van der Waals surface area contributed by atoms with E-state index in [2.05, 4.69) is 22.8 Å². The Bertz CT molecular complexity index is 874. The summed E-state index contributed by atoms with van der Waals surface area (Å²) >= 11 is 0. The fraction of sp³-hybridized carbons (Fsp3) is 0.417. The van der Waals surface area contributed by atoms with Gasteiger partial charge in [0.2, 0.25) is 0 Å². The monoisotopic (exact) mass is 395 g/mol. The van der Waals surface area contributed by atoms with Crippen molar-refractivity contribution in [1.29, 1.82) is 0 Å². The molecule has 1 aliphatic heterocycles. The molecule has 1 heterocycles. The number of ether oxygens (including phenoxy) is 2. The molecule has 2 aromatic carbocycles. The van der Waals surface area contributed by atoms with Crippen LogP contribution in [0.15, 0.2) is 48.5 Å². The van der Waals surface area contributed by atoms with Gasteiger partial charge in [0, 0.05) is 23.3 Å². The quantitative estimate of drug-likeness (QED) is 0.724. The summed E-state index contributed by atoms with van der Waals surface area (Å²) in [6.45, 7) is 0. The molecule has 1 saturated carbocycles. The van der Waals surface area contributed by atoms with Crippen LogP contribution in [0.1, 0.15) is 49.3 Å². The summed E-state index contributed by atoms with van der Waals surface area (Å²) in [6, 6.07) is 13.7. The van der Waals surface area contributed by atoms with E-state index in [1.165, 1.54) is 32.1 Å². The number of phenols is 1. The maximum atomic E-state index is 10.5. The average molecular weight is 396 g/mol. The molecule has 0 radical (unpaired) electrons. The van der Waals surface area contributed by atoms with Gasteiger partial charge in [0.25, 0.3) is 0 Å². The van der Waals surface area contributed by atoms with Gasteiger partial charge in [-0.1, -0.05) is 31.4 Å². The number of benzene rings is 2. The van der Waals surface area contributed by atoms with Gasteiger partial charge in [0.1, 0.15) is 11.8 Å². The Labute approximate surface area is 172 Å². The van der Waals surface area contributed by atoms with E-state index in [0.717, 1.165) is 28.3 Å². The van der Waals surface area contributed by atoms with Crippen molar-refractivity contribution in [3.8, 4) is 17.2 Å². The molecule has 2 unspecified atom stereocenters. The first-order chi connectivity index (χ1) is 14.2. The number of hydrogen-bond donors (Lipinski definition) is 3. The average Bonchev–Trinajstić information content (AvgIpc) is 2.79. The Morgan fingerprint density at radius 2 is 1.72 bits per heavy atom. The summed E-state index contributed by atoms with van der Waals surface area (Å²) in [7, 11) is 3.31. The molecule has 0 spiro atoms. The number of nitrogens with two attached hydrogens (primary N) is 1. The summed E-state index contributed by atoms with van der Waals surface area (Å²) in [5.74, 6) is 2.41. The highest BCUT2D eigenvalue weighted by molar-refractivity contribution is 5.68. The van der Waals surface area contributed by atoms with E-state index in [0.29, 0.717) is 11.7 Å². The van der Waals surface area contributed by atoms with Gasteiger partial charge in [-0.15, -0.1) is 0 Å². The predicted octanol–water partition coefficient (Wildman–Crippen LogP) is 3.56. The molecular weight excluding hydrogens is 364 g/mol. The molecule has 2 aromatic rings. The maximum absolute atomic E-state index is 10.5. The highest BCUT2D eigenvalue weighted by atomic mass is 16.5. The molecule has 0 bridgehead atoms. The van der Waals surface area contributed by atoms with Crippen LogP contribution in [0, 0.1) is 5.92 Å². The first kappa shape index (κ1) is 19.6. The molecule has 5 nitrogen and oxygen atoms in total. The first-order valence-electron chi connectivity index (χ1n) is 10.5. The number of rotatable bonds is 5. The second kappa shape index (κ2) is 8.78. The van der Waals surface area contributed by atoms with Gasteiger partial charge in [-0.2, -0.15) is 0 Å². The van der Waals surface area contributed by atoms with Crippen molar-refractivity contribution in [3.05, 3.63) is 59.7 Å². The van der Waals surface area contributed by atoms with Gasteiger partial charge in [-0.3, -0.25) is 0 Å². The lowest BCUT2D eigenvalue weighted by Crippen LogP contribution is -2.96. The number of aromatic hydroxyl groups is 1. The van der Waals surface area contributed by atoms with Crippen molar-refractivity contribution in [1.82, 2.24) is 5.32 Å². The minimum absolute atomic E-state index is 0.0625. The van der Waals surface area contributed by atoms with Crippen LogP contribution >= 0.6 is 0 Å². The minimum Gasteiger partial charge on any atom is -0.507 e. The van der Waals surface area contributed by atoms with Gasteiger partial charge >= 0.3 is 0 Å². The first-order valence-corrected chi connectivity index (χ1v) is 10.5. The standard InChI is InChI=1S/C24H30N2O3/c1-28-22-13-12-17(14-23(22)29-2)19-15-20(18-10-6-7-11-21(18)27)26-24(25-19)16-8-4-3-5-9-16/h6-7,10-16,20,24-27H,3-5,8-9H2,1-2H3/p+1. The Morgan fingerprint density at radius 3 is 2.45 bits per heavy atom. The molecule has 1 aliphatic carbocycles. The van der Waals surface area contributed by atoms with Gasteiger partial charge in [0.15, 0.2) is 17.7 Å². The van der Waals surface area contributed by atoms with Crippen LogP contribution in [-0.2, 0) is 0 Å². The zero-order valence-corrected chi connectivity index (χ0v) is 17.2. The number of quaternary nitrogens is 1. The Morgan fingerprint density at radius 1 is 0.966 bits per heavy atom. The fourth-order valence-corrected chi connectivity index (χ4v) is 4.65. The molecule has 2 atom stereocenters. The van der Waals surface area contributed by atoms with E-state index >= 15 is 0 Å². The number of hydrogen-bond acceptors (Lipinski definition) is 4. The Kier molecular flexibility index (Phi) is 5.95. The third kappa shape index (κ3) is 4.20. The van der Waals surface area contributed by atoms with E-state index in [-0.39, 0.29) is 12.2 Å². The molecule has 4 N–H and O–H groups in total. The van der Waals surface area contributed by atoms with Crippen LogP contribution < -0.4 is 20.1 Å². The second-order valence-corrected chi connectivity index (χ2v) is 8.00. The molecule has 0 saturated heterocycles. The predicted molar refractivity (Wildman–Crippen MR) is 114 cm³/mol. The zero-order valence-electron chi connectivity index (χ0n) is 17.2. The minimum atomic E-state index is 0.0625. The normalized spacial score (nSPS) is 22.5. The summed E-state index contributed by atoms with van der Waals surface area (Å²) in [6.07, 6.45) is 8.93. The lowest BCUT2D eigenvalue weighted by atomic mass is 9.85. The fourth-order valence-electron chi connectivity index (χ4n) is 4.65. The highest BCUT2D eigenvalue weighted by Gasteiger charge is 2.34.